The van der Waals surface area contributed by atoms with Crippen LogP contribution in [0.5, 0.6) is 11.5 Å². The summed E-state index contributed by atoms with van der Waals surface area (Å²) >= 11 is 12.9. The summed E-state index contributed by atoms with van der Waals surface area (Å²) in [6.07, 6.45) is 5.69. The molecule has 1 aromatic heterocycles. The van der Waals surface area contributed by atoms with E-state index in [1.54, 1.807) is 14.1 Å². The predicted octanol–water partition coefficient (Wildman–Crippen LogP) is 6.11. The Balaban J connectivity index is 1.47. The van der Waals surface area contributed by atoms with Crippen LogP contribution < -0.4 is 14.5 Å². The average molecular weight is 728 g/mol. The predicted molar refractivity (Wildman–Crippen MR) is 173 cm³/mol. The Labute approximate surface area is 287 Å². The monoisotopic (exact) mass is 726 g/mol. The first-order valence-corrected chi connectivity index (χ1v) is 17.7. The average Bonchev–Trinajstić information content (AvgIpc) is 3.76. The largest absolute Gasteiger partial charge is 0.487 e. The van der Waals surface area contributed by atoms with Crippen LogP contribution in [0, 0.1) is 0 Å². The molecular formula is C33H36Cl2F2N3O7S+. The number of nitrogens with one attached hydrogen (secondary N) is 1. The van der Waals surface area contributed by atoms with Gasteiger partial charge in [0.05, 0.1) is 11.0 Å². The summed E-state index contributed by atoms with van der Waals surface area (Å²) in [6, 6.07) is 8.76. The van der Waals surface area contributed by atoms with Crippen molar-refractivity contribution >= 4 is 45.1 Å². The molecule has 1 N–H and O–H groups in total. The molecule has 2 heterocycles. The number of amides is 1. The van der Waals surface area contributed by atoms with Gasteiger partial charge in [0.1, 0.15) is 22.2 Å². The van der Waals surface area contributed by atoms with Crippen molar-refractivity contribution < 1.29 is 46.0 Å². The molecule has 48 heavy (non-hydrogen) atoms. The maximum absolute atomic E-state index is 13.9. The topological polar surface area (TPSA) is 117 Å². The van der Waals surface area contributed by atoms with Crippen molar-refractivity contribution in [1.82, 2.24) is 9.21 Å². The van der Waals surface area contributed by atoms with Gasteiger partial charge in [0.15, 0.2) is 23.9 Å². The Kier molecular flexibility index (Phi) is 11.4. The van der Waals surface area contributed by atoms with Gasteiger partial charge >= 0.3 is 12.6 Å². The number of carbonyl (C=O) groups excluding carboxylic acids is 2. The minimum absolute atomic E-state index is 0.0236. The number of halogens is 4. The van der Waals surface area contributed by atoms with Crippen molar-refractivity contribution in [1.29, 1.82) is 0 Å². The van der Waals surface area contributed by atoms with Gasteiger partial charge in [0.2, 0.25) is 10.0 Å². The van der Waals surface area contributed by atoms with Gasteiger partial charge in [-0.1, -0.05) is 35.3 Å². The number of hydrogen-bond donors (Lipinski definition) is 0. The summed E-state index contributed by atoms with van der Waals surface area (Å²) in [5, 5.41) is 0.529. The third kappa shape index (κ3) is 8.19. The molecule has 1 saturated carbocycles. The molecule has 1 aliphatic carbocycles. The highest BCUT2D eigenvalue weighted by Crippen LogP contribution is 2.38. The molecule has 2 aromatic carbocycles. The molecule has 1 aliphatic heterocycles. The maximum Gasteiger partial charge on any atom is 0.387 e. The van der Waals surface area contributed by atoms with Gasteiger partial charge in [0.25, 0.3) is 5.91 Å². The number of H-pyrrole nitrogens is 1. The van der Waals surface area contributed by atoms with Crippen molar-refractivity contribution in [3.63, 3.8) is 0 Å². The Bertz CT molecular complexity index is 1740. The zero-order valence-corrected chi connectivity index (χ0v) is 28.7. The number of aromatic amines is 1. The van der Waals surface area contributed by atoms with Crippen LogP contribution in [0.25, 0.3) is 0 Å². The van der Waals surface area contributed by atoms with Gasteiger partial charge < -0.3 is 19.1 Å². The van der Waals surface area contributed by atoms with E-state index in [1.807, 2.05) is 0 Å². The Morgan fingerprint density at radius 1 is 1.00 bits per heavy atom. The molecule has 0 bridgehead atoms. The second-order valence-electron chi connectivity index (χ2n) is 11.9. The highest BCUT2D eigenvalue weighted by atomic mass is 35.5. The van der Waals surface area contributed by atoms with Crippen LogP contribution in [0.3, 0.4) is 0 Å². The normalized spacial score (nSPS) is 17.8. The molecule has 1 saturated heterocycles. The molecule has 2 aliphatic rings. The molecule has 15 heteroatoms. The van der Waals surface area contributed by atoms with E-state index in [1.165, 1.54) is 59.8 Å². The number of rotatable bonds is 12. The second-order valence-corrected chi connectivity index (χ2v) is 14.6. The fourth-order valence-electron chi connectivity index (χ4n) is 5.95. The second kappa shape index (κ2) is 15.4. The number of ether oxygens (including phenoxy) is 3. The molecule has 258 valence electrons. The van der Waals surface area contributed by atoms with Crippen LogP contribution in [-0.4, -0.2) is 68.9 Å². The van der Waals surface area contributed by atoms with Crippen LogP contribution in [0.2, 0.25) is 10.0 Å². The molecule has 5 rings (SSSR count). The number of aromatic nitrogens is 1. The number of nitrogens with zero attached hydrogens (tertiary/aromatic N) is 2. The van der Waals surface area contributed by atoms with Crippen molar-refractivity contribution in [2.24, 2.45) is 0 Å². The zero-order valence-electron chi connectivity index (χ0n) is 26.3. The van der Waals surface area contributed by atoms with Gasteiger partial charge in [0, 0.05) is 38.2 Å². The third-order valence-electron chi connectivity index (χ3n) is 8.37. The molecule has 0 unspecified atom stereocenters. The molecular weight excluding hydrogens is 691 g/mol. The minimum atomic E-state index is -4.22. The van der Waals surface area contributed by atoms with E-state index in [-0.39, 0.29) is 63.4 Å². The Morgan fingerprint density at radius 3 is 2.38 bits per heavy atom. The summed E-state index contributed by atoms with van der Waals surface area (Å²) in [7, 11) is -1.10. The Hall–Kier alpha value is -3.52. The molecule has 2 atom stereocenters. The summed E-state index contributed by atoms with van der Waals surface area (Å²) in [5.41, 5.74) is 1.00. The van der Waals surface area contributed by atoms with Crippen molar-refractivity contribution in [3.05, 3.63) is 81.6 Å². The van der Waals surface area contributed by atoms with Gasteiger partial charge in [-0.3, -0.25) is 9.59 Å². The first-order chi connectivity index (χ1) is 22.8. The van der Waals surface area contributed by atoms with Crippen molar-refractivity contribution in [3.8, 4) is 11.5 Å². The van der Waals surface area contributed by atoms with Crippen molar-refractivity contribution in [2.45, 2.75) is 74.7 Å². The number of alkyl halides is 2. The number of benzene rings is 2. The van der Waals surface area contributed by atoms with Crippen LogP contribution in [0.1, 0.15) is 66.1 Å². The van der Waals surface area contributed by atoms with E-state index in [4.69, 9.17) is 37.4 Å². The van der Waals surface area contributed by atoms with E-state index in [2.05, 4.69) is 4.98 Å². The molecule has 10 nitrogen and oxygen atoms in total. The molecule has 2 fully saturated rings. The number of carbonyl (C=O) groups is 2. The molecule has 3 aromatic rings. The lowest BCUT2D eigenvalue weighted by molar-refractivity contribution is -0.377. The van der Waals surface area contributed by atoms with E-state index in [9.17, 15) is 26.8 Å². The highest BCUT2D eigenvalue weighted by Gasteiger charge is 2.42. The quantitative estimate of drug-likeness (QED) is 0.207. The first-order valence-electron chi connectivity index (χ1n) is 15.5. The molecule has 0 radical (unpaired) electrons. The number of hydrogen-bond acceptors (Lipinski definition) is 7. The van der Waals surface area contributed by atoms with Gasteiger partial charge in [-0.2, -0.15) is 13.1 Å². The maximum atomic E-state index is 13.9. The minimum Gasteiger partial charge on any atom is -0.487 e. The van der Waals surface area contributed by atoms with E-state index in [0.29, 0.717) is 17.5 Å². The van der Waals surface area contributed by atoms with Crippen LogP contribution in [0.15, 0.2) is 59.8 Å². The van der Waals surface area contributed by atoms with E-state index in [0.717, 1.165) is 30.0 Å². The first kappa shape index (κ1) is 35.8. The molecule has 0 spiro atoms. The smallest absolute Gasteiger partial charge is 0.387 e. The third-order valence-corrected chi connectivity index (χ3v) is 10.9. The van der Waals surface area contributed by atoms with Crippen molar-refractivity contribution in [2.75, 3.05) is 20.6 Å². The lowest BCUT2D eigenvalue weighted by Gasteiger charge is -2.26. The summed E-state index contributed by atoms with van der Waals surface area (Å²) in [6.45, 7) is -3.03. The summed E-state index contributed by atoms with van der Waals surface area (Å²) in [5.74, 6) is -1.29. The fourth-order valence-corrected chi connectivity index (χ4v) is 8.17. The Morgan fingerprint density at radius 2 is 1.71 bits per heavy atom. The zero-order chi connectivity index (χ0) is 34.6. The standard InChI is InChI=1S/C33H35Cl2F2N3O7S/c1-39(2)31(41)21-7-5-10-23(15-21)48(43,44)40-14-6-11-27(40)32(42)46-29(17-24-25(34)18-38-19-26(24)35)20-12-13-28(47-33(36)37)30(16-20)45-22-8-3-4-9-22/h5,7,10,12-13,15-16,18-19,22,27,29,33H,3-4,6,8-9,11,14,17H2,1-2H3/p+1/t27-,29-/m0/s1. The summed E-state index contributed by atoms with van der Waals surface area (Å²) in [4.78, 5) is 30.5. The van der Waals surface area contributed by atoms with Crippen LogP contribution in [0.4, 0.5) is 8.78 Å². The lowest BCUT2D eigenvalue weighted by Crippen LogP contribution is -2.42. The van der Waals surface area contributed by atoms with Gasteiger partial charge in [-0.25, -0.2) is 13.4 Å². The van der Waals surface area contributed by atoms with Gasteiger partial charge in [-0.05, 0) is 74.4 Å². The molecule has 1 amide bonds. The van der Waals surface area contributed by atoms with Crippen LogP contribution >= 0.6 is 23.2 Å². The highest BCUT2D eigenvalue weighted by molar-refractivity contribution is 7.89. The number of esters is 1. The number of sulfonamides is 1. The number of pyridine rings is 1. The summed E-state index contributed by atoms with van der Waals surface area (Å²) < 4.78 is 72.2. The van der Waals surface area contributed by atoms with E-state index >= 15 is 0 Å². The van der Waals surface area contributed by atoms with Gasteiger partial charge in [-0.15, -0.1) is 0 Å². The van der Waals surface area contributed by atoms with Crippen LogP contribution in [-0.2, 0) is 26.0 Å². The van der Waals surface area contributed by atoms with E-state index < -0.39 is 34.7 Å². The fraction of sp³-hybridized carbons (Fsp3) is 0.424. The SMILES string of the molecule is CN(C)C(=O)c1cccc(S(=O)(=O)N2CCC[C@H]2C(=O)O[C@@H](Cc2c(Cl)c[nH+]cc2Cl)c2ccc(OC(F)F)c(OC3CCCC3)c2)c1. The lowest BCUT2D eigenvalue weighted by atomic mass is 10.0.